The molecule has 198 valence electrons. The van der Waals surface area contributed by atoms with E-state index >= 15 is 0 Å². The lowest BCUT2D eigenvalue weighted by atomic mass is 9.89. The number of carbonyl (C=O) groups excluding carboxylic acids is 1. The maximum atomic E-state index is 11.6. The maximum absolute atomic E-state index is 11.6. The minimum Gasteiger partial charge on any atom is -0.494 e. The van der Waals surface area contributed by atoms with Gasteiger partial charge in [-0.1, -0.05) is 11.6 Å². The highest BCUT2D eigenvalue weighted by Gasteiger charge is 2.36. The van der Waals surface area contributed by atoms with Crippen LogP contribution in [0.4, 0.5) is 23.1 Å². The number of aromatic nitrogens is 2. The third kappa shape index (κ3) is 5.96. The van der Waals surface area contributed by atoms with Crippen molar-refractivity contribution in [3.8, 4) is 5.75 Å². The van der Waals surface area contributed by atoms with Crippen LogP contribution in [0.3, 0.4) is 0 Å². The molecule has 2 saturated heterocycles. The highest BCUT2D eigenvalue weighted by molar-refractivity contribution is 6.32. The van der Waals surface area contributed by atoms with Gasteiger partial charge in [0.25, 0.3) is 0 Å². The molecule has 2 aromatic rings. The molecule has 1 aromatic carbocycles. The molecule has 2 aliphatic rings. The number of methoxy groups -OCH3 is 1. The van der Waals surface area contributed by atoms with Crippen molar-refractivity contribution in [2.45, 2.75) is 13.3 Å². The van der Waals surface area contributed by atoms with E-state index in [1.165, 1.54) is 6.20 Å². The molecule has 2 atom stereocenters. The third-order valence-corrected chi connectivity index (χ3v) is 6.96. The first kappa shape index (κ1) is 26.3. The van der Waals surface area contributed by atoms with Crippen molar-refractivity contribution in [3.63, 3.8) is 0 Å². The summed E-state index contributed by atoms with van der Waals surface area (Å²) in [4.78, 5) is 49.1. The largest absolute Gasteiger partial charge is 0.494 e. The topological polar surface area (TPSA) is 148 Å². The van der Waals surface area contributed by atoms with E-state index in [0.29, 0.717) is 37.6 Å². The molecule has 12 nitrogen and oxygen atoms in total. The third-order valence-electron chi connectivity index (χ3n) is 6.70. The van der Waals surface area contributed by atoms with Gasteiger partial charge in [0, 0.05) is 57.9 Å². The van der Waals surface area contributed by atoms with Crippen molar-refractivity contribution < 1.29 is 29.3 Å². The first-order valence-electron chi connectivity index (χ1n) is 11.8. The normalized spacial score (nSPS) is 19.9. The zero-order valence-electron chi connectivity index (χ0n) is 20.6. The number of nitrogens with one attached hydrogen (secondary N) is 1. The average molecular weight is 533 g/mol. The quantitative estimate of drug-likeness (QED) is 0.481. The van der Waals surface area contributed by atoms with Gasteiger partial charge < -0.3 is 35.0 Å². The van der Waals surface area contributed by atoms with Gasteiger partial charge in [-0.2, -0.15) is 4.98 Å². The van der Waals surface area contributed by atoms with Gasteiger partial charge >= 0.3 is 11.9 Å². The molecule has 1 amide bonds. The molecular formula is C24H29ClN6O6. The summed E-state index contributed by atoms with van der Waals surface area (Å²) in [5, 5.41) is 22.3. The number of aliphatic carboxylic acids is 2. The highest BCUT2D eigenvalue weighted by Crippen LogP contribution is 2.34. The Balaban J connectivity index is 1.53. The Morgan fingerprint density at radius 1 is 1.05 bits per heavy atom. The van der Waals surface area contributed by atoms with E-state index in [1.807, 2.05) is 23.1 Å². The Bertz CT molecular complexity index is 1170. The van der Waals surface area contributed by atoms with Crippen LogP contribution in [0.15, 0.2) is 24.4 Å². The fourth-order valence-corrected chi connectivity index (χ4v) is 4.86. The molecule has 0 bridgehead atoms. The second kappa shape index (κ2) is 11.1. The summed E-state index contributed by atoms with van der Waals surface area (Å²) in [5.74, 6) is -2.76. The zero-order chi connectivity index (χ0) is 26.7. The molecule has 0 saturated carbocycles. The summed E-state index contributed by atoms with van der Waals surface area (Å²) in [6, 6.07) is 5.66. The summed E-state index contributed by atoms with van der Waals surface area (Å²) >= 11 is 6.34. The monoisotopic (exact) mass is 532 g/mol. The number of halogens is 1. The first-order valence-corrected chi connectivity index (χ1v) is 12.2. The Morgan fingerprint density at radius 3 is 2.27 bits per heavy atom. The summed E-state index contributed by atoms with van der Waals surface area (Å²) in [7, 11) is 1.55. The second-order valence-corrected chi connectivity index (χ2v) is 9.49. The summed E-state index contributed by atoms with van der Waals surface area (Å²) < 4.78 is 5.58. The number of nitrogens with zero attached hydrogens (tertiary/aromatic N) is 5. The molecule has 3 heterocycles. The maximum Gasteiger partial charge on any atom is 0.308 e. The molecule has 1 aromatic heterocycles. The molecule has 0 aliphatic carbocycles. The SMILES string of the molecule is COc1cc(N2CCN(C(C)=O)CC2)ccc1Nc1ncc(Cl)c(N2C[C@H](C(=O)O)C[C@H](C(=O)O)C2)n1. The number of carboxylic acids is 2. The van der Waals surface area contributed by atoms with E-state index in [4.69, 9.17) is 16.3 Å². The lowest BCUT2D eigenvalue weighted by Crippen LogP contribution is -2.48. The van der Waals surface area contributed by atoms with Gasteiger partial charge in [0.05, 0.1) is 30.8 Å². The minimum atomic E-state index is -1.06. The van der Waals surface area contributed by atoms with E-state index in [1.54, 1.807) is 18.9 Å². The number of rotatable bonds is 7. The number of hydrogen-bond donors (Lipinski definition) is 3. The van der Waals surface area contributed by atoms with E-state index < -0.39 is 23.8 Å². The molecule has 13 heteroatoms. The molecule has 37 heavy (non-hydrogen) atoms. The predicted octanol–water partition coefficient (Wildman–Crippen LogP) is 2.16. The molecule has 3 N–H and O–H groups in total. The van der Waals surface area contributed by atoms with Crippen LogP contribution in [0.25, 0.3) is 0 Å². The van der Waals surface area contributed by atoms with Crippen LogP contribution >= 0.6 is 11.6 Å². The first-order chi connectivity index (χ1) is 17.7. The van der Waals surface area contributed by atoms with Crippen molar-refractivity contribution in [2.24, 2.45) is 11.8 Å². The molecule has 2 fully saturated rings. The standard InChI is InChI=1S/C24H29ClN6O6/c1-14(32)29-5-7-30(8-6-29)17-3-4-19(20(10-17)37-2)27-24-26-11-18(25)21(28-24)31-12-15(22(33)34)9-16(13-31)23(35)36/h3-4,10-11,15-16H,5-9,12-13H2,1-2H3,(H,33,34)(H,35,36)(H,26,27,28)/t15-,16+. The van der Waals surface area contributed by atoms with Crippen molar-refractivity contribution in [2.75, 3.05) is 61.5 Å². The second-order valence-electron chi connectivity index (χ2n) is 9.08. The van der Waals surface area contributed by atoms with Gasteiger partial charge in [-0.3, -0.25) is 14.4 Å². The summed E-state index contributed by atoms with van der Waals surface area (Å²) in [6.07, 6.45) is 1.43. The van der Waals surface area contributed by atoms with Crippen molar-refractivity contribution in [1.82, 2.24) is 14.9 Å². The predicted molar refractivity (Wildman–Crippen MR) is 137 cm³/mol. The fraction of sp³-hybridized carbons (Fsp3) is 0.458. The molecule has 2 aliphatic heterocycles. The van der Waals surface area contributed by atoms with Crippen LogP contribution < -0.4 is 19.9 Å². The Labute approximate surface area is 218 Å². The van der Waals surface area contributed by atoms with Crippen LogP contribution in [0.2, 0.25) is 5.02 Å². The Morgan fingerprint density at radius 2 is 1.70 bits per heavy atom. The highest BCUT2D eigenvalue weighted by atomic mass is 35.5. The lowest BCUT2D eigenvalue weighted by Gasteiger charge is -2.36. The molecular weight excluding hydrogens is 504 g/mol. The number of anilines is 4. The number of benzene rings is 1. The van der Waals surface area contributed by atoms with E-state index in [-0.39, 0.29) is 42.2 Å². The van der Waals surface area contributed by atoms with Crippen LogP contribution in [-0.2, 0) is 14.4 Å². The van der Waals surface area contributed by atoms with Crippen LogP contribution in [-0.4, -0.2) is 89.3 Å². The molecule has 0 radical (unpaired) electrons. The Kier molecular flexibility index (Phi) is 7.86. The van der Waals surface area contributed by atoms with Crippen molar-refractivity contribution in [3.05, 3.63) is 29.4 Å². The van der Waals surface area contributed by atoms with Gasteiger partial charge in [0.2, 0.25) is 11.9 Å². The average Bonchev–Trinajstić information content (AvgIpc) is 2.89. The van der Waals surface area contributed by atoms with Crippen molar-refractivity contribution in [1.29, 1.82) is 0 Å². The number of piperidine rings is 1. The van der Waals surface area contributed by atoms with Crippen molar-refractivity contribution >= 4 is 52.6 Å². The van der Waals surface area contributed by atoms with Crippen LogP contribution in [0.5, 0.6) is 5.75 Å². The van der Waals surface area contributed by atoms with E-state index in [0.717, 1.165) is 5.69 Å². The van der Waals surface area contributed by atoms with Gasteiger partial charge in [-0.25, -0.2) is 4.98 Å². The van der Waals surface area contributed by atoms with Gasteiger partial charge in [0.15, 0.2) is 5.82 Å². The number of amides is 1. The smallest absolute Gasteiger partial charge is 0.308 e. The minimum absolute atomic E-state index is 0.0440. The van der Waals surface area contributed by atoms with Crippen LogP contribution in [0.1, 0.15) is 13.3 Å². The fourth-order valence-electron chi connectivity index (χ4n) is 4.65. The van der Waals surface area contributed by atoms with Gasteiger partial charge in [-0.05, 0) is 18.6 Å². The number of carboxylic acid groups (broad SMARTS) is 2. The summed E-state index contributed by atoms with van der Waals surface area (Å²) in [5.41, 5.74) is 1.56. The van der Waals surface area contributed by atoms with Crippen LogP contribution in [0, 0.1) is 11.8 Å². The molecule has 4 rings (SSSR count). The zero-order valence-corrected chi connectivity index (χ0v) is 21.3. The van der Waals surface area contributed by atoms with Gasteiger partial charge in [-0.15, -0.1) is 0 Å². The van der Waals surface area contributed by atoms with E-state index in [2.05, 4.69) is 20.2 Å². The number of carbonyl (C=O) groups is 3. The van der Waals surface area contributed by atoms with Gasteiger partial charge in [0.1, 0.15) is 10.8 Å². The lowest BCUT2D eigenvalue weighted by molar-refractivity contribution is -0.146. The number of hydrogen-bond acceptors (Lipinski definition) is 9. The number of piperazine rings is 1. The summed E-state index contributed by atoms with van der Waals surface area (Å²) in [6.45, 7) is 4.48. The van der Waals surface area contributed by atoms with E-state index in [9.17, 15) is 24.6 Å². The number of ether oxygens (including phenoxy) is 1. The molecule has 0 spiro atoms. The molecule has 0 unspecified atom stereocenters. The Hall–Kier alpha value is -3.80.